The molecule has 0 aliphatic carbocycles. The van der Waals surface area contributed by atoms with Crippen molar-refractivity contribution >= 4 is 5.52 Å². The van der Waals surface area contributed by atoms with Crippen LogP contribution in [0.25, 0.3) is 5.52 Å². The monoisotopic (exact) mass is 161 g/mol. The molecule has 2 aromatic rings. The fourth-order valence-corrected chi connectivity index (χ4v) is 1.44. The van der Waals surface area contributed by atoms with Gasteiger partial charge >= 0.3 is 0 Å². The molecule has 0 fully saturated rings. The molecule has 2 heteroatoms. The smallest absolute Gasteiger partial charge is 0.140 e. The Kier molecular flexibility index (Phi) is 1.54. The maximum atomic E-state index is 5.21. The standard InChI is InChI=1S/C10H11NO/c1-8-9-5-3-4-6-11(9)7-10(8)12-2/h3-7H,1-2H3. The molecule has 0 aliphatic rings. The van der Waals surface area contributed by atoms with Crippen molar-refractivity contribution in [1.29, 1.82) is 0 Å². The van der Waals surface area contributed by atoms with Crippen LogP contribution in [0.1, 0.15) is 5.56 Å². The normalized spacial score (nSPS) is 10.5. The molecule has 12 heavy (non-hydrogen) atoms. The lowest BCUT2D eigenvalue weighted by atomic mass is 10.3. The average molecular weight is 161 g/mol. The van der Waals surface area contributed by atoms with Gasteiger partial charge in [-0.2, -0.15) is 0 Å². The molecule has 0 aromatic carbocycles. The molecular formula is C10H11NO. The third-order valence-corrected chi connectivity index (χ3v) is 2.12. The summed E-state index contributed by atoms with van der Waals surface area (Å²) < 4.78 is 7.27. The Morgan fingerprint density at radius 2 is 2.17 bits per heavy atom. The third kappa shape index (κ3) is 0.881. The first-order chi connectivity index (χ1) is 5.83. The van der Waals surface area contributed by atoms with Gasteiger partial charge in [0.25, 0.3) is 0 Å². The van der Waals surface area contributed by atoms with Crippen molar-refractivity contribution in [3.63, 3.8) is 0 Å². The maximum Gasteiger partial charge on any atom is 0.140 e. The predicted octanol–water partition coefficient (Wildman–Crippen LogP) is 2.26. The van der Waals surface area contributed by atoms with E-state index in [2.05, 4.69) is 17.4 Å². The molecule has 0 aliphatic heterocycles. The van der Waals surface area contributed by atoms with Crippen LogP contribution >= 0.6 is 0 Å². The highest BCUT2D eigenvalue weighted by Crippen LogP contribution is 2.23. The summed E-state index contributed by atoms with van der Waals surface area (Å²) in [5.74, 6) is 0.946. The third-order valence-electron chi connectivity index (χ3n) is 2.12. The number of hydrogen-bond acceptors (Lipinski definition) is 1. The van der Waals surface area contributed by atoms with E-state index in [9.17, 15) is 0 Å². The Labute approximate surface area is 71.4 Å². The Morgan fingerprint density at radius 1 is 1.33 bits per heavy atom. The van der Waals surface area contributed by atoms with Crippen LogP contribution in [0.15, 0.2) is 30.6 Å². The summed E-state index contributed by atoms with van der Waals surface area (Å²) in [5.41, 5.74) is 2.40. The Hall–Kier alpha value is -1.44. The van der Waals surface area contributed by atoms with E-state index in [0.717, 1.165) is 5.75 Å². The number of rotatable bonds is 1. The summed E-state index contributed by atoms with van der Waals surface area (Å²) in [7, 11) is 1.70. The SMILES string of the molecule is COc1cn2ccccc2c1C. The minimum atomic E-state index is 0.946. The quantitative estimate of drug-likeness (QED) is 0.625. The molecule has 2 heterocycles. The molecule has 2 rings (SSSR count). The first-order valence-electron chi connectivity index (χ1n) is 3.93. The number of ether oxygens (including phenoxy) is 1. The summed E-state index contributed by atoms with van der Waals surface area (Å²) in [5, 5.41) is 0. The fraction of sp³-hybridized carbons (Fsp3) is 0.200. The second-order valence-electron chi connectivity index (χ2n) is 2.82. The lowest BCUT2D eigenvalue weighted by Gasteiger charge is -1.94. The van der Waals surface area contributed by atoms with Crippen LogP contribution in [0.4, 0.5) is 0 Å². The number of aryl methyl sites for hydroxylation is 1. The van der Waals surface area contributed by atoms with E-state index in [-0.39, 0.29) is 0 Å². The zero-order valence-corrected chi connectivity index (χ0v) is 7.24. The van der Waals surface area contributed by atoms with Crippen molar-refractivity contribution in [1.82, 2.24) is 4.40 Å². The molecule has 0 bridgehead atoms. The summed E-state index contributed by atoms with van der Waals surface area (Å²) in [4.78, 5) is 0. The van der Waals surface area contributed by atoms with E-state index in [1.165, 1.54) is 11.1 Å². The Morgan fingerprint density at radius 3 is 2.83 bits per heavy atom. The highest BCUT2D eigenvalue weighted by atomic mass is 16.5. The lowest BCUT2D eigenvalue weighted by Crippen LogP contribution is -1.80. The van der Waals surface area contributed by atoms with Gasteiger partial charge in [0, 0.05) is 11.8 Å². The van der Waals surface area contributed by atoms with Crippen LogP contribution in [0.3, 0.4) is 0 Å². The molecule has 0 atom stereocenters. The molecule has 0 spiro atoms. The number of pyridine rings is 1. The largest absolute Gasteiger partial charge is 0.495 e. The molecular weight excluding hydrogens is 150 g/mol. The minimum absolute atomic E-state index is 0.946. The van der Waals surface area contributed by atoms with Gasteiger partial charge in [0.2, 0.25) is 0 Å². The lowest BCUT2D eigenvalue weighted by molar-refractivity contribution is 0.412. The van der Waals surface area contributed by atoms with Gasteiger partial charge in [0.15, 0.2) is 0 Å². The maximum absolute atomic E-state index is 5.21. The summed E-state index contributed by atoms with van der Waals surface area (Å²) in [6.07, 6.45) is 4.01. The predicted molar refractivity (Wildman–Crippen MR) is 48.7 cm³/mol. The minimum Gasteiger partial charge on any atom is -0.495 e. The second kappa shape index (κ2) is 2.55. The van der Waals surface area contributed by atoms with E-state index >= 15 is 0 Å². The summed E-state index contributed by atoms with van der Waals surface area (Å²) in [6.45, 7) is 2.06. The van der Waals surface area contributed by atoms with Gasteiger partial charge in [-0.1, -0.05) is 6.07 Å². The zero-order valence-electron chi connectivity index (χ0n) is 7.24. The van der Waals surface area contributed by atoms with Gasteiger partial charge in [-0.15, -0.1) is 0 Å². The van der Waals surface area contributed by atoms with Crippen LogP contribution in [0, 0.1) is 6.92 Å². The van der Waals surface area contributed by atoms with Crippen molar-refractivity contribution < 1.29 is 4.74 Å². The molecule has 0 unspecified atom stereocenters. The van der Waals surface area contributed by atoms with Crippen molar-refractivity contribution in [3.05, 3.63) is 36.2 Å². The summed E-state index contributed by atoms with van der Waals surface area (Å²) in [6, 6.07) is 6.12. The van der Waals surface area contributed by atoms with Gasteiger partial charge in [0.05, 0.1) is 18.8 Å². The summed E-state index contributed by atoms with van der Waals surface area (Å²) >= 11 is 0. The first kappa shape index (κ1) is 7.22. The number of fused-ring (bicyclic) bond motifs is 1. The van der Waals surface area contributed by atoms with E-state index in [0.29, 0.717) is 0 Å². The fourth-order valence-electron chi connectivity index (χ4n) is 1.44. The Bertz CT molecular complexity index is 403. The molecule has 2 aromatic heterocycles. The Balaban J connectivity index is 2.78. The van der Waals surface area contributed by atoms with Gasteiger partial charge in [-0.25, -0.2) is 0 Å². The highest BCUT2D eigenvalue weighted by Gasteiger charge is 2.04. The van der Waals surface area contributed by atoms with E-state index in [1.807, 2.05) is 24.5 Å². The van der Waals surface area contributed by atoms with E-state index < -0.39 is 0 Å². The van der Waals surface area contributed by atoms with Crippen LogP contribution < -0.4 is 4.74 Å². The van der Waals surface area contributed by atoms with Gasteiger partial charge in [-0.05, 0) is 19.1 Å². The van der Waals surface area contributed by atoms with Crippen molar-refractivity contribution in [3.8, 4) is 5.75 Å². The van der Waals surface area contributed by atoms with Gasteiger partial charge in [0.1, 0.15) is 5.75 Å². The highest BCUT2D eigenvalue weighted by molar-refractivity contribution is 5.61. The topological polar surface area (TPSA) is 13.6 Å². The molecule has 0 N–H and O–H groups in total. The van der Waals surface area contributed by atoms with Gasteiger partial charge < -0.3 is 9.14 Å². The van der Waals surface area contributed by atoms with Crippen molar-refractivity contribution in [2.75, 3.05) is 7.11 Å². The molecule has 0 amide bonds. The number of hydrogen-bond donors (Lipinski definition) is 0. The van der Waals surface area contributed by atoms with Crippen LogP contribution in [-0.2, 0) is 0 Å². The first-order valence-corrected chi connectivity index (χ1v) is 3.93. The van der Waals surface area contributed by atoms with Gasteiger partial charge in [-0.3, -0.25) is 0 Å². The molecule has 0 saturated carbocycles. The number of nitrogens with zero attached hydrogens (tertiary/aromatic N) is 1. The van der Waals surface area contributed by atoms with Crippen molar-refractivity contribution in [2.45, 2.75) is 6.92 Å². The average Bonchev–Trinajstić information content (AvgIpc) is 2.44. The molecule has 62 valence electrons. The van der Waals surface area contributed by atoms with Crippen molar-refractivity contribution in [2.24, 2.45) is 0 Å². The molecule has 0 radical (unpaired) electrons. The molecule has 0 saturated heterocycles. The number of aromatic nitrogens is 1. The second-order valence-corrected chi connectivity index (χ2v) is 2.82. The van der Waals surface area contributed by atoms with Crippen LogP contribution in [0.2, 0.25) is 0 Å². The van der Waals surface area contributed by atoms with E-state index in [1.54, 1.807) is 7.11 Å². The zero-order chi connectivity index (χ0) is 8.55. The van der Waals surface area contributed by atoms with E-state index in [4.69, 9.17) is 4.74 Å². The molecule has 2 nitrogen and oxygen atoms in total. The van der Waals surface area contributed by atoms with Crippen LogP contribution in [-0.4, -0.2) is 11.5 Å². The van der Waals surface area contributed by atoms with Crippen LogP contribution in [0.5, 0.6) is 5.75 Å². The number of methoxy groups -OCH3 is 1.